The Morgan fingerprint density at radius 3 is 2.43 bits per heavy atom. The molecule has 0 radical (unpaired) electrons. The van der Waals surface area contributed by atoms with Crippen molar-refractivity contribution in [1.82, 2.24) is 15.3 Å². The van der Waals surface area contributed by atoms with Crippen LogP contribution in [0.15, 0.2) is 48.8 Å². The smallest absolute Gasteiger partial charge is 0.408 e. The van der Waals surface area contributed by atoms with Gasteiger partial charge in [-0.2, -0.15) is 0 Å². The molecule has 0 saturated carbocycles. The van der Waals surface area contributed by atoms with Crippen LogP contribution in [-0.2, 0) is 20.9 Å². The third-order valence-corrected chi connectivity index (χ3v) is 3.27. The second-order valence-electron chi connectivity index (χ2n) is 6.87. The number of carbonyl (C=O) groups is 2. The second-order valence-corrected chi connectivity index (χ2v) is 6.87. The van der Waals surface area contributed by atoms with Gasteiger partial charge < -0.3 is 14.8 Å². The van der Waals surface area contributed by atoms with Gasteiger partial charge in [-0.25, -0.2) is 19.6 Å². The largest absolute Gasteiger partial charge is 0.459 e. The Labute approximate surface area is 164 Å². The van der Waals surface area contributed by atoms with Crippen LogP contribution in [-0.4, -0.2) is 33.7 Å². The summed E-state index contributed by atoms with van der Waals surface area (Å²) in [6.45, 7) is 5.31. The predicted molar refractivity (Wildman–Crippen MR) is 103 cm³/mol. The summed E-state index contributed by atoms with van der Waals surface area (Å²) in [6, 6.07) is 9.97. The van der Waals surface area contributed by atoms with Gasteiger partial charge in [-0.05, 0) is 38.3 Å². The maximum Gasteiger partial charge on any atom is 0.408 e. The zero-order valence-electron chi connectivity index (χ0n) is 16.1. The Hall–Kier alpha value is -3.40. The van der Waals surface area contributed by atoms with E-state index in [1.807, 2.05) is 30.3 Å². The predicted octanol–water partition coefficient (Wildman–Crippen LogP) is 2.85. The third-order valence-electron chi connectivity index (χ3n) is 3.27. The summed E-state index contributed by atoms with van der Waals surface area (Å²) < 4.78 is 10.5. The van der Waals surface area contributed by atoms with Crippen LogP contribution in [0.25, 0.3) is 0 Å². The Morgan fingerprint density at radius 2 is 1.79 bits per heavy atom. The number of carbonyl (C=O) groups excluding carboxylic acids is 2. The molecule has 7 nitrogen and oxygen atoms in total. The Kier molecular flexibility index (Phi) is 7.52. The van der Waals surface area contributed by atoms with E-state index in [1.165, 1.54) is 0 Å². The van der Waals surface area contributed by atoms with Crippen molar-refractivity contribution in [3.63, 3.8) is 0 Å². The van der Waals surface area contributed by atoms with Gasteiger partial charge in [0.15, 0.2) is 0 Å². The third kappa shape index (κ3) is 7.87. The molecule has 0 spiro atoms. The maximum atomic E-state index is 12.5. The van der Waals surface area contributed by atoms with Gasteiger partial charge >= 0.3 is 12.1 Å². The number of nitrogens with zero attached hydrogens (tertiary/aromatic N) is 2. The minimum atomic E-state index is -0.977. The van der Waals surface area contributed by atoms with Crippen molar-refractivity contribution in [3.05, 3.63) is 60.2 Å². The number of esters is 1. The highest BCUT2D eigenvalue weighted by Crippen LogP contribution is 2.08. The molecule has 0 aliphatic heterocycles. The Bertz CT molecular complexity index is 837. The molecule has 1 amide bonds. The normalized spacial score (nSPS) is 11.5. The summed E-state index contributed by atoms with van der Waals surface area (Å²) in [5.41, 5.74) is 0.155. The van der Waals surface area contributed by atoms with E-state index < -0.39 is 23.7 Å². The molecular formula is C21H23N3O4. The number of ether oxygens (including phenoxy) is 2. The van der Waals surface area contributed by atoms with Crippen LogP contribution in [0.3, 0.4) is 0 Å². The lowest BCUT2D eigenvalue weighted by Gasteiger charge is -2.22. The minimum absolute atomic E-state index is 0.0329. The van der Waals surface area contributed by atoms with E-state index in [0.29, 0.717) is 5.82 Å². The summed E-state index contributed by atoms with van der Waals surface area (Å²) in [5.74, 6) is 5.29. The van der Waals surface area contributed by atoms with Crippen molar-refractivity contribution in [2.45, 2.75) is 45.4 Å². The SMILES string of the molecule is CC(C)(C)OC(=O)NC(CC#Cc1ncccn1)C(=O)OCc1ccccc1. The first-order valence-corrected chi connectivity index (χ1v) is 8.79. The molecule has 0 aliphatic carbocycles. The van der Waals surface area contributed by atoms with Gasteiger partial charge in [-0.3, -0.25) is 0 Å². The molecule has 7 heteroatoms. The average Bonchev–Trinajstić information content (AvgIpc) is 2.65. The van der Waals surface area contributed by atoms with Crippen molar-refractivity contribution >= 4 is 12.1 Å². The number of aromatic nitrogens is 2. The number of hydrogen-bond donors (Lipinski definition) is 1. The molecule has 1 unspecified atom stereocenters. The number of rotatable bonds is 5. The summed E-state index contributed by atoms with van der Waals surface area (Å²) in [6.07, 6.45) is 2.46. The van der Waals surface area contributed by atoms with E-state index in [9.17, 15) is 9.59 Å². The molecule has 1 heterocycles. The fourth-order valence-corrected chi connectivity index (χ4v) is 2.07. The first-order chi connectivity index (χ1) is 13.3. The fraction of sp³-hybridized carbons (Fsp3) is 0.333. The van der Waals surface area contributed by atoms with E-state index in [-0.39, 0.29) is 13.0 Å². The van der Waals surface area contributed by atoms with Gasteiger partial charge in [-0.15, -0.1) is 0 Å². The Morgan fingerprint density at radius 1 is 1.11 bits per heavy atom. The molecule has 2 rings (SSSR count). The van der Waals surface area contributed by atoms with Gasteiger partial charge in [0, 0.05) is 18.8 Å². The zero-order chi connectivity index (χ0) is 20.4. The molecule has 1 N–H and O–H groups in total. The first-order valence-electron chi connectivity index (χ1n) is 8.79. The first kappa shape index (κ1) is 20.9. The maximum absolute atomic E-state index is 12.5. The topological polar surface area (TPSA) is 90.4 Å². The van der Waals surface area contributed by atoms with Crippen molar-refractivity contribution in [3.8, 4) is 11.8 Å². The molecule has 0 bridgehead atoms. The highest BCUT2D eigenvalue weighted by atomic mass is 16.6. The average molecular weight is 381 g/mol. The summed E-state index contributed by atoms with van der Waals surface area (Å²) in [4.78, 5) is 32.5. The number of nitrogens with one attached hydrogen (secondary N) is 1. The standard InChI is InChI=1S/C21H23N3O4/c1-21(2,3)28-20(26)24-17(11-7-12-18-22-13-8-14-23-18)19(25)27-15-16-9-5-4-6-10-16/h4-6,8-10,13-14,17H,11,15H2,1-3H3,(H,24,26). The quantitative estimate of drug-likeness (QED) is 0.633. The van der Waals surface area contributed by atoms with E-state index in [4.69, 9.17) is 9.47 Å². The van der Waals surface area contributed by atoms with Crippen LogP contribution in [0, 0.1) is 11.8 Å². The van der Waals surface area contributed by atoms with Crippen LogP contribution >= 0.6 is 0 Å². The van der Waals surface area contributed by atoms with Crippen LogP contribution in [0.1, 0.15) is 38.6 Å². The number of hydrogen-bond acceptors (Lipinski definition) is 6. The molecule has 146 valence electrons. The molecule has 0 saturated heterocycles. The fourth-order valence-electron chi connectivity index (χ4n) is 2.07. The number of benzene rings is 1. The highest BCUT2D eigenvalue weighted by Gasteiger charge is 2.25. The van der Waals surface area contributed by atoms with Gasteiger partial charge in [0.05, 0.1) is 0 Å². The molecule has 1 aromatic carbocycles. The van der Waals surface area contributed by atoms with Crippen molar-refractivity contribution in [2.75, 3.05) is 0 Å². The number of alkyl carbamates (subject to hydrolysis) is 1. The lowest BCUT2D eigenvalue weighted by Crippen LogP contribution is -2.44. The van der Waals surface area contributed by atoms with Crippen molar-refractivity contribution in [2.24, 2.45) is 0 Å². The van der Waals surface area contributed by atoms with Gasteiger partial charge in [0.25, 0.3) is 0 Å². The molecule has 2 aromatic rings. The van der Waals surface area contributed by atoms with E-state index >= 15 is 0 Å². The minimum Gasteiger partial charge on any atom is -0.459 e. The number of amides is 1. The van der Waals surface area contributed by atoms with Crippen LogP contribution in [0.4, 0.5) is 4.79 Å². The summed E-state index contributed by atoms with van der Waals surface area (Å²) in [7, 11) is 0. The second kappa shape index (κ2) is 10.1. The molecule has 0 fully saturated rings. The van der Waals surface area contributed by atoms with E-state index in [1.54, 1.807) is 39.2 Å². The molecule has 1 atom stereocenters. The van der Waals surface area contributed by atoms with Crippen LogP contribution in [0.5, 0.6) is 0 Å². The molecular weight excluding hydrogens is 358 g/mol. The summed E-state index contributed by atoms with van der Waals surface area (Å²) in [5, 5.41) is 2.52. The van der Waals surface area contributed by atoms with E-state index in [2.05, 4.69) is 27.1 Å². The van der Waals surface area contributed by atoms with E-state index in [0.717, 1.165) is 5.56 Å². The monoisotopic (exact) mass is 381 g/mol. The molecule has 1 aromatic heterocycles. The molecule has 0 aliphatic rings. The van der Waals surface area contributed by atoms with Crippen LogP contribution < -0.4 is 5.32 Å². The zero-order valence-corrected chi connectivity index (χ0v) is 16.1. The highest BCUT2D eigenvalue weighted by molar-refractivity contribution is 5.81. The van der Waals surface area contributed by atoms with Crippen molar-refractivity contribution < 1.29 is 19.1 Å². The lowest BCUT2D eigenvalue weighted by molar-refractivity contribution is -0.147. The van der Waals surface area contributed by atoms with Gasteiger partial charge in [0.2, 0.25) is 5.82 Å². The summed E-state index contributed by atoms with van der Waals surface area (Å²) >= 11 is 0. The van der Waals surface area contributed by atoms with Gasteiger partial charge in [0.1, 0.15) is 18.2 Å². The van der Waals surface area contributed by atoms with Gasteiger partial charge in [-0.1, -0.05) is 36.3 Å². The lowest BCUT2D eigenvalue weighted by atomic mass is 10.2. The van der Waals surface area contributed by atoms with Crippen LogP contribution in [0.2, 0.25) is 0 Å². The molecule has 28 heavy (non-hydrogen) atoms. The van der Waals surface area contributed by atoms with Crippen molar-refractivity contribution in [1.29, 1.82) is 0 Å². The Balaban J connectivity index is 2.02.